The van der Waals surface area contributed by atoms with Crippen LogP contribution in [0.5, 0.6) is 0 Å². The average molecular weight is 395 g/mol. The molecule has 0 aliphatic carbocycles. The van der Waals surface area contributed by atoms with E-state index in [2.05, 4.69) is 26.9 Å². The van der Waals surface area contributed by atoms with Gasteiger partial charge in [-0.2, -0.15) is 0 Å². The topological polar surface area (TPSA) is 73.3 Å². The molecule has 0 unspecified atom stereocenters. The third kappa shape index (κ3) is 4.19. The van der Waals surface area contributed by atoms with Crippen molar-refractivity contribution in [2.45, 2.75) is 25.9 Å². The van der Waals surface area contributed by atoms with E-state index in [1.807, 2.05) is 17.5 Å². The molecular weight excluding hydrogens is 370 g/mol. The van der Waals surface area contributed by atoms with Crippen LogP contribution in [0.15, 0.2) is 28.0 Å². The summed E-state index contributed by atoms with van der Waals surface area (Å²) in [6.07, 6.45) is -0.161. The summed E-state index contributed by atoms with van der Waals surface area (Å²) in [4.78, 5) is 5.44. The first-order valence-corrected chi connectivity index (χ1v) is 9.02. The summed E-state index contributed by atoms with van der Waals surface area (Å²) >= 11 is 7.81. The highest BCUT2D eigenvalue weighted by Crippen LogP contribution is 2.33. The standard InChI is InChI=1S/C19H20ClN3O2S/c1-3-5-14-16(8-12(21)11-24-2)25-19-15(9-17(20)23-18(14)19)22-10-13-6-4-7-26-13/h4,6-7,9,12H,8,10-11,21H2,1-2H3,(H,22,23)/t12-/m1/s1/i2D3,11D2. The molecule has 3 aromatic rings. The van der Waals surface area contributed by atoms with Gasteiger partial charge in [0.05, 0.1) is 24.7 Å². The van der Waals surface area contributed by atoms with E-state index in [9.17, 15) is 0 Å². The SMILES string of the molecule is [2H]C([2H])([2H])OC([2H])([2H])[C@H](N)Cc1oc2c(NCc3cccs3)cc(Cl)nc2c1C#CC. The first-order valence-electron chi connectivity index (χ1n) is 10.3. The Morgan fingerprint density at radius 3 is 3.23 bits per heavy atom. The van der Waals surface area contributed by atoms with Crippen molar-refractivity contribution in [1.29, 1.82) is 0 Å². The van der Waals surface area contributed by atoms with Gasteiger partial charge in [-0.25, -0.2) is 4.98 Å². The normalized spacial score (nSPS) is 15.9. The van der Waals surface area contributed by atoms with Crippen molar-refractivity contribution < 1.29 is 16.0 Å². The predicted molar refractivity (Wildman–Crippen MR) is 107 cm³/mol. The maximum atomic E-state index is 7.90. The molecule has 0 saturated carbocycles. The van der Waals surface area contributed by atoms with Crippen molar-refractivity contribution in [1.82, 2.24) is 4.98 Å². The first kappa shape index (κ1) is 13.2. The summed E-state index contributed by atoms with van der Waals surface area (Å²) in [5.41, 5.74) is 7.78. The lowest BCUT2D eigenvalue weighted by Crippen LogP contribution is -2.28. The minimum absolute atomic E-state index is 0.161. The van der Waals surface area contributed by atoms with Crippen LogP contribution >= 0.6 is 22.9 Å². The van der Waals surface area contributed by atoms with E-state index in [1.54, 1.807) is 24.3 Å². The fourth-order valence-corrected chi connectivity index (χ4v) is 3.36. The number of fused-ring (bicyclic) bond motifs is 1. The maximum absolute atomic E-state index is 7.90. The molecule has 3 aromatic heterocycles. The van der Waals surface area contributed by atoms with Crippen molar-refractivity contribution >= 4 is 39.7 Å². The van der Waals surface area contributed by atoms with Crippen molar-refractivity contribution in [3.05, 3.63) is 44.9 Å². The van der Waals surface area contributed by atoms with Crippen LogP contribution in [0.3, 0.4) is 0 Å². The monoisotopic (exact) mass is 394 g/mol. The number of furan rings is 1. The number of aromatic nitrogens is 1. The molecule has 0 spiro atoms. The van der Waals surface area contributed by atoms with Crippen LogP contribution in [0, 0.1) is 11.8 Å². The number of anilines is 1. The number of methoxy groups -OCH3 is 1. The molecule has 5 nitrogen and oxygen atoms in total. The van der Waals surface area contributed by atoms with Crippen LogP contribution < -0.4 is 11.1 Å². The fraction of sp³-hybridized carbons (Fsp3) is 0.316. The predicted octanol–water partition coefficient (Wildman–Crippen LogP) is 4.04. The van der Waals surface area contributed by atoms with E-state index in [4.69, 9.17) is 28.6 Å². The summed E-state index contributed by atoms with van der Waals surface area (Å²) in [6, 6.07) is 4.24. The molecule has 0 aromatic carbocycles. The van der Waals surface area contributed by atoms with Crippen molar-refractivity contribution in [3.8, 4) is 11.8 Å². The van der Waals surface area contributed by atoms with Gasteiger partial charge in [0, 0.05) is 37.0 Å². The number of pyridine rings is 1. The van der Waals surface area contributed by atoms with E-state index in [0.717, 1.165) is 4.88 Å². The molecule has 1 atom stereocenters. The molecule has 0 radical (unpaired) electrons. The largest absolute Gasteiger partial charge is 0.456 e. The second-order valence-corrected chi connectivity index (χ2v) is 6.83. The number of ether oxygens (including phenoxy) is 1. The van der Waals surface area contributed by atoms with Gasteiger partial charge in [0.15, 0.2) is 5.58 Å². The molecule has 136 valence electrons. The lowest BCUT2D eigenvalue weighted by Gasteiger charge is -2.08. The first-order chi connectivity index (χ1) is 14.5. The lowest BCUT2D eigenvalue weighted by molar-refractivity contribution is 0.178. The number of nitrogens with zero attached hydrogens (tertiary/aromatic N) is 1. The third-order valence-corrected chi connectivity index (χ3v) is 4.65. The Morgan fingerprint density at radius 1 is 1.62 bits per heavy atom. The molecule has 0 bridgehead atoms. The number of hydrogen-bond donors (Lipinski definition) is 2. The van der Waals surface area contributed by atoms with Gasteiger partial charge in [-0.3, -0.25) is 0 Å². The number of nitrogens with two attached hydrogens (primary N) is 1. The quantitative estimate of drug-likeness (QED) is 0.467. The van der Waals surface area contributed by atoms with Gasteiger partial charge in [0.25, 0.3) is 0 Å². The second-order valence-electron chi connectivity index (χ2n) is 5.41. The van der Waals surface area contributed by atoms with Crippen LogP contribution in [-0.4, -0.2) is 24.6 Å². The summed E-state index contributed by atoms with van der Waals surface area (Å²) in [7, 11) is -2.94. The maximum Gasteiger partial charge on any atom is 0.177 e. The number of halogens is 1. The highest BCUT2D eigenvalue weighted by Gasteiger charge is 2.20. The van der Waals surface area contributed by atoms with E-state index in [-0.39, 0.29) is 17.3 Å². The lowest BCUT2D eigenvalue weighted by atomic mass is 10.1. The summed E-state index contributed by atoms with van der Waals surface area (Å²) in [5.74, 6) is 5.95. The molecule has 26 heavy (non-hydrogen) atoms. The number of hydrogen-bond acceptors (Lipinski definition) is 6. The van der Waals surface area contributed by atoms with Crippen LogP contribution in [0.25, 0.3) is 11.1 Å². The zero-order chi connectivity index (χ0) is 22.8. The van der Waals surface area contributed by atoms with E-state index < -0.39 is 19.6 Å². The number of rotatable bonds is 7. The van der Waals surface area contributed by atoms with Gasteiger partial charge in [-0.15, -0.1) is 17.3 Å². The molecule has 0 aliphatic rings. The molecule has 3 rings (SSSR count). The van der Waals surface area contributed by atoms with Crippen LogP contribution in [0.4, 0.5) is 5.69 Å². The Hall–Kier alpha value is -2.04. The van der Waals surface area contributed by atoms with Gasteiger partial charge in [-0.05, 0) is 18.4 Å². The third-order valence-electron chi connectivity index (χ3n) is 3.58. The Labute approximate surface area is 168 Å². The van der Waals surface area contributed by atoms with Crippen molar-refractivity contribution in [3.63, 3.8) is 0 Å². The van der Waals surface area contributed by atoms with E-state index in [0.29, 0.717) is 28.9 Å². The average Bonchev–Trinajstić information content (AvgIpc) is 3.27. The molecule has 3 N–H and O–H groups in total. The zero-order valence-corrected chi connectivity index (χ0v) is 15.5. The summed E-state index contributed by atoms with van der Waals surface area (Å²) in [6.45, 7) is -0.432. The summed E-state index contributed by atoms with van der Waals surface area (Å²) < 4.78 is 47.8. The molecule has 0 aliphatic heterocycles. The zero-order valence-electron chi connectivity index (χ0n) is 18.9. The minimum atomic E-state index is -2.94. The molecule has 0 saturated heterocycles. The van der Waals surface area contributed by atoms with Crippen molar-refractivity contribution in [2.24, 2.45) is 5.73 Å². The van der Waals surface area contributed by atoms with Gasteiger partial charge < -0.3 is 20.2 Å². The van der Waals surface area contributed by atoms with Gasteiger partial charge in [0.1, 0.15) is 16.4 Å². The van der Waals surface area contributed by atoms with Crippen LogP contribution in [0.1, 0.15) is 30.0 Å². The van der Waals surface area contributed by atoms with Crippen LogP contribution in [-0.2, 0) is 17.7 Å². The van der Waals surface area contributed by atoms with E-state index in [1.165, 1.54) is 0 Å². The Bertz CT molecular complexity index is 1120. The number of nitrogens with one attached hydrogen (secondary N) is 1. The van der Waals surface area contributed by atoms with Crippen LogP contribution in [0.2, 0.25) is 5.15 Å². The molecule has 7 heteroatoms. The molecular formula is C19H20ClN3O2S. The second kappa shape index (κ2) is 8.56. The fourth-order valence-electron chi connectivity index (χ4n) is 2.52. The van der Waals surface area contributed by atoms with Crippen molar-refractivity contribution in [2.75, 3.05) is 18.9 Å². The molecule has 0 fully saturated rings. The van der Waals surface area contributed by atoms with Gasteiger partial charge >= 0.3 is 0 Å². The molecule has 0 amide bonds. The molecule has 3 heterocycles. The summed E-state index contributed by atoms with van der Waals surface area (Å²) in [5, 5.41) is 5.48. The number of thiophene rings is 1. The van der Waals surface area contributed by atoms with E-state index >= 15 is 0 Å². The Kier molecular flexibility index (Phi) is 4.34. The Morgan fingerprint density at radius 2 is 2.50 bits per heavy atom. The van der Waals surface area contributed by atoms with Gasteiger partial charge in [0.2, 0.25) is 0 Å². The highest BCUT2D eigenvalue weighted by molar-refractivity contribution is 7.09. The Balaban J connectivity index is 1.98. The smallest absolute Gasteiger partial charge is 0.177 e. The highest BCUT2D eigenvalue weighted by atomic mass is 35.5. The van der Waals surface area contributed by atoms with Gasteiger partial charge in [-0.1, -0.05) is 23.6 Å². The minimum Gasteiger partial charge on any atom is -0.456 e.